The van der Waals surface area contributed by atoms with Gasteiger partial charge in [0.1, 0.15) is 11.9 Å². The normalized spacial score (nSPS) is 14.3. The third-order valence-corrected chi connectivity index (χ3v) is 7.76. The van der Waals surface area contributed by atoms with Crippen LogP contribution in [0.5, 0.6) is 5.75 Å². The van der Waals surface area contributed by atoms with Gasteiger partial charge in [-0.2, -0.15) is 5.10 Å². The SMILES string of the molecule is CC(=O)O.CCN(CC)CC(=O)N1CCC(n2cc(-c3cnc(N)c(OC(C)c4c(Cl)ccc(F)c4Cl)c3)cn2)CC1. The predicted molar refractivity (Wildman–Crippen MR) is 161 cm³/mol. The van der Waals surface area contributed by atoms with Crippen molar-refractivity contribution in [3.8, 4) is 16.9 Å². The van der Waals surface area contributed by atoms with Gasteiger partial charge in [0.05, 0.1) is 23.8 Å². The molecule has 2 aromatic heterocycles. The first kappa shape index (κ1) is 33.1. The molecule has 1 aliphatic rings. The first-order valence-corrected chi connectivity index (χ1v) is 14.5. The highest BCUT2D eigenvalue weighted by atomic mass is 35.5. The number of carbonyl (C=O) groups excluding carboxylic acids is 1. The van der Waals surface area contributed by atoms with Crippen LogP contribution in [0.15, 0.2) is 36.8 Å². The highest BCUT2D eigenvalue weighted by Crippen LogP contribution is 2.37. The molecule has 0 spiro atoms. The van der Waals surface area contributed by atoms with E-state index in [9.17, 15) is 9.18 Å². The lowest BCUT2D eigenvalue weighted by Gasteiger charge is -2.33. The van der Waals surface area contributed by atoms with Crippen molar-refractivity contribution in [1.29, 1.82) is 0 Å². The second kappa shape index (κ2) is 15.2. The fourth-order valence-electron chi connectivity index (χ4n) is 4.68. The van der Waals surface area contributed by atoms with E-state index in [4.69, 9.17) is 43.6 Å². The Morgan fingerprint density at radius 2 is 1.83 bits per heavy atom. The zero-order chi connectivity index (χ0) is 31.0. The quantitative estimate of drug-likeness (QED) is 0.291. The van der Waals surface area contributed by atoms with Gasteiger partial charge in [-0.3, -0.25) is 19.2 Å². The predicted octanol–water partition coefficient (Wildman–Crippen LogP) is 5.71. The minimum atomic E-state index is -0.833. The molecule has 42 heavy (non-hydrogen) atoms. The summed E-state index contributed by atoms with van der Waals surface area (Å²) in [4.78, 5) is 30.0. The van der Waals surface area contributed by atoms with Gasteiger partial charge >= 0.3 is 0 Å². The largest absolute Gasteiger partial charge is 0.482 e. The van der Waals surface area contributed by atoms with Crippen LogP contribution in [0.3, 0.4) is 0 Å². The minimum Gasteiger partial charge on any atom is -0.482 e. The number of anilines is 1. The third kappa shape index (κ3) is 8.56. The number of aromatic nitrogens is 3. The number of piperidine rings is 1. The van der Waals surface area contributed by atoms with Gasteiger partial charge in [0, 0.05) is 54.1 Å². The number of nitrogens with two attached hydrogens (primary N) is 1. The molecule has 1 fully saturated rings. The monoisotopic (exact) mass is 622 g/mol. The van der Waals surface area contributed by atoms with Crippen molar-refractivity contribution in [2.24, 2.45) is 0 Å². The summed E-state index contributed by atoms with van der Waals surface area (Å²) in [6.45, 7) is 10.6. The number of carbonyl (C=O) groups is 2. The highest BCUT2D eigenvalue weighted by molar-refractivity contribution is 6.36. The molecule has 4 rings (SSSR count). The number of aliphatic carboxylic acids is 1. The number of carboxylic acids is 1. The van der Waals surface area contributed by atoms with E-state index in [1.54, 1.807) is 25.4 Å². The number of nitrogens with zero attached hydrogens (tertiary/aromatic N) is 5. The first-order chi connectivity index (χ1) is 19.9. The first-order valence-electron chi connectivity index (χ1n) is 13.7. The Balaban J connectivity index is 0.00000114. The number of benzene rings is 1. The van der Waals surface area contributed by atoms with E-state index in [0.717, 1.165) is 44.0 Å². The number of amides is 1. The number of pyridine rings is 1. The van der Waals surface area contributed by atoms with Crippen molar-refractivity contribution in [1.82, 2.24) is 24.6 Å². The van der Waals surface area contributed by atoms with Crippen LogP contribution in [0.4, 0.5) is 10.2 Å². The van der Waals surface area contributed by atoms with Crippen molar-refractivity contribution < 1.29 is 23.8 Å². The zero-order valence-corrected chi connectivity index (χ0v) is 25.7. The van der Waals surface area contributed by atoms with Crippen molar-refractivity contribution in [3.05, 3.63) is 58.2 Å². The fourth-order valence-corrected chi connectivity index (χ4v) is 5.36. The van der Waals surface area contributed by atoms with Crippen molar-refractivity contribution >= 4 is 40.9 Å². The summed E-state index contributed by atoms with van der Waals surface area (Å²) in [5, 5.41) is 12.2. The molecular weight excluding hydrogens is 586 g/mol. The summed E-state index contributed by atoms with van der Waals surface area (Å²) >= 11 is 12.4. The van der Waals surface area contributed by atoms with E-state index < -0.39 is 17.9 Å². The van der Waals surface area contributed by atoms with Crippen molar-refractivity contribution in [2.45, 2.75) is 52.7 Å². The van der Waals surface area contributed by atoms with Crippen molar-refractivity contribution in [3.63, 3.8) is 0 Å². The molecule has 228 valence electrons. The average molecular weight is 624 g/mol. The molecule has 0 saturated carbocycles. The maximum absolute atomic E-state index is 14.0. The van der Waals surface area contributed by atoms with E-state index in [1.807, 2.05) is 15.8 Å². The minimum absolute atomic E-state index is 0.0882. The lowest BCUT2D eigenvalue weighted by atomic mass is 10.0. The average Bonchev–Trinajstić information content (AvgIpc) is 3.45. The Bertz CT molecular complexity index is 1370. The van der Waals surface area contributed by atoms with E-state index in [0.29, 0.717) is 36.0 Å². The highest BCUT2D eigenvalue weighted by Gasteiger charge is 2.25. The van der Waals surface area contributed by atoms with Gasteiger partial charge in [-0.25, -0.2) is 9.37 Å². The lowest BCUT2D eigenvalue weighted by Crippen LogP contribution is -2.44. The number of likely N-dealkylation sites (tertiary alicyclic amines) is 1. The maximum Gasteiger partial charge on any atom is 0.300 e. The van der Waals surface area contributed by atoms with Crippen LogP contribution in [0, 0.1) is 5.82 Å². The molecule has 10 nitrogen and oxygen atoms in total. The van der Waals surface area contributed by atoms with Crippen LogP contribution in [-0.2, 0) is 9.59 Å². The topological polar surface area (TPSA) is 127 Å². The number of hydrogen-bond acceptors (Lipinski definition) is 7. The Morgan fingerprint density at radius 1 is 1.19 bits per heavy atom. The Hall–Kier alpha value is -3.41. The molecule has 3 heterocycles. The van der Waals surface area contributed by atoms with E-state index in [2.05, 4.69) is 28.8 Å². The molecule has 1 aromatic carbocycles. The molecule has 0 radical (unpaired) electrons. The summed E-state index contributed by atoms with van der Waals surface area (Å²) in [7, 11) is 0. The van der Waals surface area contributed by atoms with Crippen LogP contribution in [-0.4, -0.2) is 74.3 Å². The number of hydrogen-bond donors (Lipinski definition) is 2. The number of likely N-dealkylation sites (N-methyl/N-ethyl adjacent to an activating group) is 1. The lowest BCUT2D eigenvalue weighted by molar-refractivity contribution is -0.135. The van der Waals surface area contributed by atoms with E-state index >= 15 is 0 Å². The molecule has 3 N–H and O–H groups in total. The van der Waals surface area contributed by atoms with Crippen molar-refractivity contribution in [2.75, 3.05) is 38.5 Å². The summed E-state index contributed by atoms with van der Waals surface area (Å²) in [5.41, 5.74) is 8.05. The fraction of sp³-hybridized carbons (Fsp3) is 0.448. The van der Waals surface area contributed by atoms with Crippen LogP contribution in [0.1, 0.15) is 58.2 Å². The number of ether oxygens (including phenoxy) is 1. The van der Waals surface area contributed by atoms with Gasteiger partial charge in [0.15, 0.2) is 11.6 Å². The van der Waals surface area contributed by atoms with Gasteiger partial charge in [-0.15, -0.1) is 0 Å². The molecular formula is C29H37Cl2FN6O4. The second-order valence-corrected chi connectivity index (χ2v) is 10.7. The maximum atomic E-state index is 14.0. The van der Waals surface area contributed by atoms with Crippen LogP contribution >= 0.6 is 23.2 Å². The van der Waals surface area contributed by atoms with E-state index in [-0.39, 0.29) is 22.8 Å². The summed E-state index contributed by atoms with van der Waals surface area (Å²) in [5.74, 6) is -0.700. The molecule has 3 aromatic rings. The van der Waals surface area contributed by atoms with Crippen LogP contribution in [0.2, 0.25) is 10.0 Å². The van der Waals surface area contributed by atoms with Gasteiger partial charge in [-0.1, -0.05) is 37.0 Å². The number of halogens is 3. The number of carboxylic acid groups (broad SMARTS) is 1. The van der Waals surface area contributed by atoms with Gasteiger partial charge in [-0.05, 0) is 51.1 Å². The molecule has 13 heteroatoms. The molecule has 1 aliphatic heterocycles. The third-order valence-electron chi connectivity index (χ3n) is 7.05. The summed E-state index contributed by atoms with van der Waals surface area (Å²) in [6, 6.07) is 4.63. The second-order valence-electron chi connectivity index (χ2n) is 9.93. The van der Waals surface area contributed by atoms with Gasteiger partial charge in [0.2, 0.25) is 5.91 Å². The summed E-state index contributed by atoms with van der Waals surface area (Å²) in [6.07, 6.45) is 6.42. The van der Waals surface area contributed by atoms with Gasteiger partial charge in [0.25, 0.3) is 5.97 Å². The summed E-state index contributed by atoms with van der Waals surface area (Å²) < 4.78 is 22.0. The standard InChI is InChI=1S/C27H33Cl2FN6O2.C2H4O2/c1-4-34(5-2)16-24(37)35-10-8-20(9-11-35)36-15-19(14-33-36)18-12-23(27(31)32-13-18)38-17(3)25-21(28)6-7-22(30)26(25)29;1-2(3)4/h6-7,12-15,17,20H,4-5,8-11,16H2,1-3H3,(H2,31,32);1H3,(H,3,4). The van der Waals surface area contributed by atoms with E-state index in [1.165, 1.54) is 12.1 Å². The van der Waals surface area contributed by atoms with Gasteiger partial charge < -0.3 is 20.5 Å². The van der Waals surface area contributed by atoms with Crippen LogP contribution < -0.4 is 10.5 Å². The zero-order valence-electron chi connectivity index (χ0n) is 24.2. The molecule has 0 aliphatic carbocycles. The smallest absolute Gasteiger partial charge is 0.300 e. The molecule has 0 bridgehead atoms. The Morgan fingerprint density at radius 3 is 2.45 bits per heavy atom. The molecule has 1 atom stereocenters. The number of rotatable bonds is 9. The number of nitrogen functional groups attached to an aromatic ring is 1. The molecule has 1 saturated heterocycles. The Kier molecular flexibility index (Phi) is 12.0. The molecule has 1 unspecified atom stereocenters. The Labute approximate surface area is 255 Å². The molecule has 1 amide bonds. The van der Waals surface area contributed by atoms with Crippen LogP contribution in [0.25, 0.3) is 11.1 Å².